The maximum Gasteiger partial charge on any atom is 0.408 e. The van der Waals surface area contributed by atoms with Gasteiger partial charge in [-0.15, -0.1) is 0 Å². The van der Waals surface area contributed by atoms with Gasteiger partial charge in [0.1, 0.15) is 18.1 Å². The molecule has 1 saturated heterocycles. The number of nitrogens with zero attached hydrogens (tertiary/aromatic N) is 4. The first kappa shape index (κ1) is 22.0. The van der Waals surface area contributed by atoms with Crippen LogP contribution >= 0.6 is 0 Å². The van der Waals surface area contributed by atoms with Crippen molar-refractivity contribution in [2.75, 3.05) is 31.6 Å². The van der Waals surface area contributed by atoms with Gasteiger partial charge >= 0.3 is 6.18 Å². The predicted molar refractivity (Wildman–Crippen MR) is 106 cm³/mol. The van der Waals surface area contributed by atoms with E-state index in [4.69, 9.17) is 4.74 Å². The molecule has 1 amide bonds. The third kappa shape index (κ3) is 4.97. The number of pyridine rings is 1. The molecule has 1 aromatic carbocycles. The van der Waals surface area contributed by atoms with Gasteiger partial charge in [0.05, 0.1) is 30.2 Å². The predicted octanol–water partition coefficient (Wildman–Crippen LogP) is 2.71. The Morgan fingerprint density at radius 3 is 2.88 bits per heavy atom. The Hall–Kier alpha value is -3.25. The summed E-state index contributed by atoms with van der Waals surface area (Å²) in [5, 5.41) is 16.9. The number of aromatic nitrogens is 3. The van der Waals surface area contributed by atoms with E-state index in [1.807, 2.05) is 0 Å². The number of carbonyl (C=O) groups is 1. The minimum Gasteiger partial charge on any atom is -0.389 e. The van der Waals surface area contributed by atoms with Crippen LogP contribution in [0.25, 0.3) is 10.9 Å². The first-order valence-electron chi connectivity index (χ1n) is 9.70. The highest BCUT2D eigenvalue weighted by Gasteiger charge is 2.31. The van der Waals surface area contributed by atoms with Crippen molar-refractivity contribution in [2.24, 2.45) is 0 Å². The number of amides is 1. The van der Waals surface area contributed by atoms with Crippen LogP contribution in [0, 0.1) is 5.82 Å². The van der Waals surface area contributed by atoms with Crippen molar-refractivity contribution in [3.8, 4) is 0 Å². The molecule has 1 aliphatic heterocycles. The molecule has 1 fully saturated rings. The van der Waals surface area contributed by atoms with Gasteiger partial charge in [0, 0.05) is 25.0 Å². The minimum atomic E-state index is -4.56. The Morgan fingerprint density at radius 1 is 1.31 bits per heavy atom. The summed E-state index contributed by atoms with van der Waals surface area (Å²) in [7, 11) is 0. The van der Waals surface area contributed by atoms with Crippen LogP contribution in [0.4, 0.5) is 29.1 Å². The zero-order chi connectivity index (χ0) is 22.9. The summed E-state index contributed by atoms with van der Waals surface area (Å²) in [4.78, 5) is 18.3. The van der Waals surface area contributed by atoms with Crippen LogP contribution in [-0.2, 0) is 11.3 Å². The van der Waals surface area contributed by atoms with E-state index >= 15 is 0 Å². The lowest BCUT2D eigenvalue weighted by Gasteiger charge is -2.20. The summed E-state index contributed by atoms with van der Waals surface area (Å²) in [5.41, 5.74) is 0.237. The van der Waals surface area contributed by atoms with E-state index in [-0.39, 0.29) is 48.7 Å². The number of hydrogen-bond acceptors (Lipinski definition) is 6. The second-order valence-electron chi connectivity index (χ2n) is 7.32. The number of nitrogens with one attached hydrogen (secondary N) is 1. The van der Waals surface area contributed by atoms with Crippen LogP contribution < -0.4 is 5.32 Å². The second-order valence-corrected chi connectivity index (χ2v) is 7.32. The molecule has 2 aromatic heterocycles. The van der Waals surface area contributed by atoms with E-state index < -0.39 is 30.5 Å². The molecule has 0 radical (unpaired) electrons. The van der Waals surface area contributed by atoms with Crippen LogP contribution in [0.5, 0.6) is 0 Å². The van der Waals surface area contributed by atoms with Crippen molar-refractivity contribution >= 4 is 28.3 Å². The van der Waals surface area contributed by atoms with Crippen molar-refractivity contribution in [1.29, 1.82) is 0 Å². The van der Waals surface area contributed by atoms with Crippen LogP contribution in [0.1, 0.15) is 10.5 Å². The summed E-state index contributed by atoms with van der Waals surface area (Å²) in [5.74, 6) is -1.03. The van der Waals surface area contributed by atoms with Gasteiger partial charge in [-0.1, -0.05) is 6.07 Å². The number of rotatable bonds is 4. The lowest BCUT2D eigenvalue weighted by molar-refractivity contribution is -0.141. The third-order valence-corrected chi connectivity index (χ3v) is 4.81. The molecule has 1 atom stereocenters. The summed E-state index contributed by atoms with van der Waals surface area (Å²) < 4.78 is 58.8. The van der Waals surface area contributed by atoms with Crippen molar-refractivity contribution in [2.45, 2.75) is 18.8 Å². The monoisotopic (exact) mass is 453 g/mol. The van der Waals surface area contributed by atoms with Crippen molar-refractivity contribution in [1.82, 2.24) is 19.7 Å². The summed E-state index contributed by atoms with van der Waals surface area (Å²) in [6.07, 6.45) is -4.19. The molecule has 0 saturated carbocycles. The van der Waals surface area contributed by atoms with Crippen molar-refractivity contribution in [3.05, 3.63) is 48.0 Å². The van der Waals surface area contributed by atoms with E-state index in [1.165, 1.54) is 41.4 Å². The van der Waals surface area contributed by atoms with Gasteiger partial charge in [-0.25, -0.2) is 4.39 Å². The molecule has 0 spiro atoms. The molecule has 4 rings (SSSR count). The van der Waals surface area contributed by atoms with Crippen LogP contribution in [0.2, 0.25) is 0 Å². The van der Waals surface area contributed by atoms with E-state index in [9.17, 15) is 27.5 Å². The summed E-state index contributed by atoms with van der Waals surface area (Å²) in [6.45, 7) is -0.846. The summed E-state index contributed by atoms with van der Waals surface area (Å²) in [6, 6.07) is 6.62. The van der Waals surface area contributed by atoms with Gasteiger partial charge in [0.2, 0.25) is 0 Å². The SMILES string of the molecule is O=C(c1cc2c(cn1)c(Nc1cccc(F)c1)nn2CC(F)(F)F)N1CCOCC(O)C1. The molecule has 12 heteroatoms. The fourth-order valence-electron chi connectivity index (χ4n) is 3.41. The fraction of sp³-hybridized carbons (Fsp3) is 0.350. The number of aliphatic hydroxyl groups excluding tert-OH is 1. The molecular formula is C20H19F4N5O3. The molecular weight excluding hydrogens is 434 g/mol. The first-order valence-corrected chi connectivity index (χ1v) is 9.70. The van der Waals surface area contributed by atoms with Crippen LogP contribution in [0.15, 0.2) is 36.5 Å². The Morgan fingerprint density at radius 2 is 2.12 bits per heavy atom. The quantitative estimate of drug-likeness (QED) is 0.591. The third-order valence-electron chi connectivity index (χ3n) is 4.81. The van der Waals surface area contributed by atoms with Crippen molar-refractivity contribution < 1.29 is 32.2 Å². The number of ether oxygens (including phenoxy) is 1. The Balaban J connectivity index is 1.71. The summed E-state index contributed by atoms with van der Waals surface area (Å²) >= 11 is 0. The number of fused-ring (bicyclic) bond motifs is 1. The highest BCUT2D eigenvalue weighted by molar-refractivity contribution is 5.98. The maximum atomic E-state index is 13.5. The van der Waals surface area contributed by atoms with Crippen LogP contribution in [-0.4, -0.2) is 69.3 Å². The molecule has 1 unspecified atom stereocenters. The van der Waals surface area contributed by atoms with E-state index in [0.29, 0.717) is 5.69 Å². The van der Waals surface area contributed by atoms with E-state index in [1.54, 1.807) is 0 Å². The Labute approximate surface area is 179 Å². The Bertz CT molecular complexity index is 1130. The molecule has 2 N–H and O–H groups in total. The fourth-order valence-corrected chi connectivity index (χ4v) is 3.41. The zero-order valence-corrected chi connectivity index (χ0v) is 16.6. The number of halogens is 4. The van der Waals surface area contributed by atoms with Crippen LogP contribution in [0.3, 0.4) is 0 Å². The highest BCUT2D eigenvalue weighted by Crippen LogP contribution is 2.29. The standard InChI is InChI=1S/C20H19F4N5O3/c21-12-2-1-3-13(6-12)26-18-15-8-25-16(7-17(15)29(27-18)11-20(22,23)24)19(31)28-4-5-32-10-14(30)9-28/h1-3,6-8,14,30H,4-5,9-11H2,(H,26,27). The average molecular weight is 453 g/mol. The highest BCUT2D eigenvalue weighted by atomic mass is 19.4. The molecule has 8 nitrogen and oxygen atoms in total. The van der Waals surface area contributed by atoms with E-state index in [0.717, 1.165) is 4.68 Å². The normalized spacial score (nSPS) is 17.4. The molecule has 32 heavy (non-hydrogen) atoms. The van der Waals surface area contributed by atoms with Gasteiger partial charge in [0.15, 0.2) is 5.82 Å². The number of benzene rings is 1. The van der Waals surface area contributed by atoms with Crippen molar-refractivity contribution in [3.63, 3.8) is 0 Å². The minimum absolute atomic E-state index is 0.0206. The number of carbonyl (C=O) groups excluding carboxylic acids is 1. The van der Waals surface area contributed by atoms with Gasteiger partial charge < -0.3 is 20.1 Å². The van der Waals surface area contributed by atoms with Gasteiger partial charge in [-0.3, -0.25) is 14.5 Å². The van der Waals surface area contributed by atoms with E-state index in [2.05, 4.69) is 15.4 Å². The molecule has 170 valence electrons. The first-order chi connectivity index (χ1) is 15.2. The topological polar surface area (TPSA) is 92.5 Å². The maximum absolute atomic E-state index is 13.5. The number of anilines is 2. The second kappa shape index (κ2) is 8.71. The average Bonchev–Trinajstić information content (AvgIpc) is 2.89. The number of β-amino-alcohol motifs (C(OH)–C–C–N with tert-alkyl or cyclic N) is 1. The van der Waals surface area contributed by atoms with Gasteiger partial charge in [-0.05, 0) is 24.3 Å². The number of alkyl halides is 3. The zero-order valence-electron chi connectivity index (χ0n) is 16.6. The number of aliphatic hydroxyl groups is 1. The van der Waals surface area contributed by atoms with Gasteiger partial charge in [-0.2, -0.15) is 18.3 Å². The molecule has 1 aliphatic rings. The molecule has 0 aliphatic carbocycles. The largest absolute Gasteiger partial charge is 0.408 e. The van der Waals surface area contributed by atoms with Gasteiger partial charge in [0.25, 0.3) is 5.91 Å². The lowest BCUT2D eigenvalue weighted by atomic mass is 10.2. The smallest absolute Gasteiger partial charge is 0.389 e. The number of hydrogen-bond donors (Lipinski definition) is 2. The molecule has 0 bridgehead atoms. The molecule has 3 aromatic rings. The molecule has 3 heterocycles. The Kier molecular flexibility index (Phi) is 5.98. The lowest BCUT2D eigenvalue weighted by Crippen LogP contribution is -2.38.